The van der Waals surface area contributed by atoms with E-state index in [4.69, 9.17) is 4.74 Å². The topological polar surface area (TPSA) is 118 Å². The van der Waals surface area contributed by atoms with Gasteiger partial charge >= 0.3 is 5.97 Å². The third-order valence-corrected chi connectivity index (χ3v) is 5.27. The predicted molar refractivity (Wildman–Crippen MR) is 108 cm³/mol. The van der Waals surface area contributed by atoms with Crippen LogP contribution in [-0.4, -0.2) is 46.1 Å². The van der Waals surface area contributed by atoms with Gasteiger partial charge in [-0.3, -0.25) is 9.59 Å². The van der Waals surface area contributed by atoms with Crippen molar-refractivity contribution in [3.05, 3.63) is 11.1 Å². The van der Waals surface area contributed by atoms with Crippen LogP contribution in [0.2, 0.25) is 0 Å². The number of amides is 2. The lowest BCUT2D eigenvalue weighted by Crippen LogP contribution is -2.49. The fraction of sp³-hybridized carbons (Fsp3) is 0.684. The maximum atomic E-state index is 12.5. The average Bonchev–Trinajstić information content (AvgIpc) is 3.06. The second-order valence-corrected chi connectivity index (χ2v) is 8.79. The van der Waals surface area contributed by atoms with Gasteiger partial charge in [0.15, 0.2) is 17.3 Å². The summed E-state index contributed by atoms with van der Waals surface area (Å²) in [4.78, 5) is 42.0. The van der Waals surface area contributed by atoms with Gasteiger partial charge < -0.3 is 20.5 Å². The fourth-order valence-electron chi connectivity index (χ4n) is 2.15. The molecule has 0 saturated heterocycles. The number of carbonyl (C=O) groups excluding carboxylic acids is 3. The molecule has 8 nitrogen and oxygen atoms in total. The number of aliphatic hydroxyl groups is 1. The van der Waals surface area contributed by atoms with Crippen LogP contribution in [0.4, 0.5) is 5.13 Å². The number of carbonyl (C=O) groups is 3. The third-order valence-electron chi connectivity index (χ3n) is 4.05. The van der Waals surface area contributed by atoms with Gasteiger partial charge in [0.1, 0.15) is 6.04 Å². The number of nitrogens with zero attached hydrogens (tertiary/aromatic N) is 1. The van der Waals surface area contributed by atoms with Gasteiger partial charge in [-0.05, 0) is 24.7 Å². The van der Waals surface area contributed by atoms with Gasteiger partial charge in [0, 0.05) is 11.1 Å². The van der Waals surface area contributed by atoms with Crippen LogP contribution in [0, 0.1) is 11.8 Å². The second kappa shape index (κ2) is 10.5. The first-order valence-corrected chi connectivity index (χ1v) is 10.2. The summed E-state index contributed by atoms with van der Waals surface area (Å²) in [6, 6.07) is -0.853. The van der Waals surface area contributed by atoms with Gasteiger partial charge in [0.2, 0.25) is 5.91 Å². The minimum Gasteiger partial charge on any atom is -0.450 e. The van der Waals surface area contributed by atoms with Gasteiger partial charge in [-0.1, -0.05) is 41.5 Å². The number of nitrogens with one attached hydrogen (secondary N) is 2. The van der Waals surface area contributed by atoms with E-state index in [-0.39, 0.29) is 11.8 Å². The minimum absolute atomic E-state index is 0.308. The molecule has 1 heterocycles. The molecular formula is C19H31N3O5S. The number of aliphatic hydroxyl groups excluding tert-OH is 1. The molecular weight excluding hydrogens is 382 g/mol. The van der Waals surface area contributed by atoms with Crippen LogP contribution in [0.25, 0.3) is 0 Å². The Kier molecular flexibility index (Phi) is 9.03. The highest BCUT2D eigenvalue weighted by molar-refractivity contribution is 7.15. The second-order valence-electron chi connectivity index (χ2n) is 7.73. The number of aromatic nitrogens is 1. The van der Waals surface area contributed by atoms with E-state index in [1.54, 1.807) is 33.9 Å². The summed E-state index contributed by atoms with van der Waals surface area (Å²) in [5.41, 5.74) is 0. The van der Waals surface area contributed by atoms with Crippen molar-refractivity contribution < 1.29 is 24.2 Å². The van der Waals surface area contributed by atoms with Crippen molar-refractivity contribution in [2.45, 2.75) is 72.6 Å². The molecule has 158 valence electrons. The van der Waals surface area contributed by atoms with Crippen molar-refractivity contribution in [3.63, 3.8) is 0 Å². The summed E-state index contributed by atoms with van der Waals surface area (Å²) in [6.07, 6.45) is -0.707. The van der Waals surface area contributed by atoms with Gasteiger partial charge in [0.05, 0.1) is 0 Å². The molecule has 0 spiro atoms. The van der Waals surface area contributed by atoms with Crippen molar-refractivity contribution >= 4 is 34.3 Å². The molecule has 1 aromatic heterocycles. The zero-order valence-electron chi connectivity index (χ0n) is 17.5. The number of thiazole rings is 1. The molecule has 28 heavy (non-hydrogen) atoms. The van der Waals surface area contributed by atoms with Gasteiger partial charge in [-0.2, -0.15) is 0 Å². The maximum absolute atomic E-state index is 12.5. The zero-order valence-corrected chi connectivity index (χ0v) is 18.3. The van der Waals surface area contributed by atoms with Crippen molar-refractivity contribution in [3.8, 4) is 0 Å². The number of ether oxygens (including phenoxy) is 1. The first-order valence-electron chi connectivity index (χ1n) is 9.39. The SMILES string of the molecule is CC(C)c1cnc(NC(=O)[C@H](C)NC(=O)[C@@H](OC(=O)[C@@H](O)C(C)C)C(C)C)s1. The summed E-state index contributed by atoms with van der Waals surface area (Å²) >= 11 is 1.38. The van der Waals surface area contributed by atoms with E-state index in [1.165, 1.54) is 18.3 Å². The molecule has 2 amide bonds. The van der Waals surface area contributed by atoms with E-state index in [2.05, 4.69) is 15.6 Å². The largest absolute Gasteiger partial charge is 0.450 e. The third kappa shape index (κ3) is 6.87. The van der Waals surface area contributed by atoms with E-state index in [1.807, 2.05) is 13.8 Å². The Bertz CT molecular complexity index is 687. The summed E-state index contributed by atoms with van der Waals surface area (Å²) < 4.78 is 5.18. The Morgan fingerprint density at radius 1 is 1.04 bits per heavy atom. The average molecular weight is 414 g/mol. The summed E-state index contributed by atoms with van der Waals surface area (Å²) in [5, 5.41) is 15.5. The van der Waals surface area contributed by atoms with E-state index in [0.717, 1.165) is 4.88 Å². The van der Waals surface area contributed by atoms with E-state index < -0.39 is 36.0 Å². The molecule has 3 atom stereocenters. The molecule has 3 N–H and O–H groups in total. The number of hydrogen-bond donors (Lipinski definition) is 3. The first kappa shape index (κ1) is 24.0. The van der Waals surface area contributed by atoms with E-state index >= 15 is 0 Å². The Labute approximate surface area is 170 Å². The number of anilines is 1. The van der Waals surface area contributed by atoms with Crippen LogP contribution in [0.3, 0.4) is 0 Å². The van der Waals surface area contributed by atoms with E-state index in [9.17, 15) is 19.5 Å². The predicted octanol–water partition coefficient (Wildman–Crippen LogP) is 2.29. The molecule has 1 rings (SSSR count). The van der Waals surface area contributed by atoms with E-state index in [0.29, 0.717) is 11.0 Å². The van der Waals surface area contributed by atoms with Gasteiger partial charge in [-0.25, -0.2) is 9.78 Å². The van der Waals surface area contributed by atoms with Crippen molar-refractivity contribution in [1.29, 1.82) is 0 Å². The Morgan fingerprint density at radius 2 is 1.64 bits per heavy atom. The summed E-state index contributed by atoms with van der Waals surface area (Å²) in [5.74, 6) is -2.22. The van der Waals surface area contributed by atoms with Crippen LogP contribution in [0.5, 0.6) is 0 Å². The monoisotopic (exact) mass is 413 g/mol. The zero-order chi connectivity index (χ0) is 21.6. The molecule has 0 aliphatic rings. The molecule has 0 aliphatic heterocycles. The lowest BCUT2D eigenvalue weighted by Gasteiger charge is -2.24. The molecule has 0 radical (unpaired) electrons. The van der Waals surface area contributed by atoms with Crippen molar-refractivity contribution in [2.75, 3.05) is 5.32 Å². The molecule has 0 aliphatic carbocycles. The molecule has 0 saturated carbocycles. The highest BCUT2D eigenvalue weighted by atomic mass is 32.1. The van der Waals surface area contributed by atoms with Crippen LogP contribution >= 0.6 is 11.3 Å². The lowest BCUT2D eigenvalue weighted by atomic mass is 10.0. The van der Waals surface area contributed by atoms with Gasteiger partial charge in [0.25, 0.3) is 5.91 Å². The Hall–Kier alpha value is -2.00. The molecule has 9 heteroatoms. The highest BCUT2D eigenvalue weighted by Crippen LogP contribution is 2.25. The Morgan fingerprint density at radius 3 is 2.11 bits per heavy atom. The summed E-state index contributed by atoms with van der Waals surface area (Å²) in [6.45, 7) is 12.4. The smallest absolute Gasteiger partial charge is 0.336 e. The summed E-state index contributed by atoms with van der Waals surface area (Å²) in [7, 11) is 0. The molecule has 0 fully saturated rings. The number of esters is 1. The lowest BCUT2D eigenvalue weighted by molar-refractivity contribution is -0.168. The van der Waals surface area contributed by atoms with Crippen molar-refractivity contribution in [2.24, 2.45) is 11.8 Å². The number of hydrogen-bond acceptors (Lipinski definition) is 7. The normalized spacial score (nSPS) is 14.7. The maximum Gasteiger partial charge on any atom is 0.336 e. The molecule has 0 aromatic carbocycles. The van der Waals surface area contributed by atoms with Crippen molar-refractivity contribution in [1.82, 2.24) is 10.3 Å². The van der Waals surface area contributed by atoms with Crippen LogP contribution in [0.1, 0.15) is 59.3 Å². The first-order chi connectivity index (χ1) is 12.9. The molecule has 1 aromatic rings. The van der Waals surface area contributed by atoms with Crippen LogP contribution in [-0.2, 0) is 19.1 Å². The molecule has 0 bridgehead atoms. The standard InChI is InChI=1S/C19H31N3O5S/c1-9(2)13-8-20-19(28-13)22-16(24)12(7)21-17(25)15(11(5)6)27-18(26)14(23)10(3)4/h8-12,14-15,23H,1-7H3,(H,21,25)(H,20,22,24)/t12-,14-,15-/m0/s1. The highest BCUT2D eigenvalue weighted by Gasteiger charge is 2.32. The fourth-order valence-corrected chi connectivity index (χ4v) is 2.97. The number of rotatable bonds is 9. The Balaban J connectivity index is 2.70. The van der Waals surface area contributed by atoms with Gasteiger partial charge in [-0.15, -0.1) is 11.3 Å². The van der Waals surface area contributed by atoms with Crippen LogP contribution < -0.4 is 10.6 Å². The van der Waals surface area contributed by atoms with Crippen LogP contribution in [0.15, 0.2) is 6.20 Å². The molecule has 0 unspecified atom stereocenters. The quantitative estimate of drug-likeness (QED) is 0.535. The minimum atomic E-state index is -1.31.